The van der Waals surface area contributed by atoms with Crippen molar-refractivity contribution in [3.05, 3.63) is 40.6 Å². The maximum absolute atomic E-state index is 13.7. The normalized spacial score (nSPS) is 36.0. The molecule has 3 fully saturated rings. The highest BCUT2D eigenvalue weighted by atomic mass is 19.1. The summed E-state index contributed by atoms with van der Waals surface area (Å²) < 4.78 is 17.0. The van der Waals surface area contributed by atoms with Crippen LogP contribution in [0.5, 0.6) is 0 Å². The topological polar surface area (TPSA) is 65.6 Å². The fraction of sp³-hybridized carbons (Fsp3) is 0.571. The van der Waals surface area contributed by atoms with E-state index in [1.54, 1.807) is 23.2 Å². The summed E-state index contributed by atoms with van der Waals surface area (Å²) in [4.78, 5) is 21.1. The molecule has 7 heteroatoms. The second-order valence-corrected chi connectivity index (χ2v) is 6.57. The van der Waals surface area contributed by atoms with E-state index in [1.807, 2.05) is 0 Å². The summed E-state index contributed by atoms with van der Waals surface area (Å²) in [7, 11) is 0. The molecule has 3 aliphatic carbocycles. The zero-order chi connectivity index (χ0) is 14.2. The minimum Gasteiger partial charge on any atom is -0.270 e. The molecule has 2 bridgehead atoms. The van der Waals surface area contributed by atoms with Crippen molar-refractivity contribution < 1.29 is 4.39 Å². The molecular formula is C14H14FN5O. The summed E-state index contributed by atoms with van der Waals surface area (Å²) in [5, 5.41) is 4.48. The molecule has 0 spiro atoms. The summed E-state index contributed by atoms with van der Waals surface area (Å²) in [6.07, 6.45) is 7.83. The lowest BCUT2D eigenvalue weighted by atomic mass is 9.47. The van der Waals surface area contributed by atoms with Gasteiger partial charge in [0.2, 0.25) is 0 Å². The lowest BCUT2D eigenvalue weighted by Crippen LogP contribution is -2.72. The van der Waals surface area contributed by atoms with Crippen molar-refractivity contribution in [2.45, 2.75) is 49.4 Å². The molecule has 2 aromatic heterocycles. The van der Waals surface area contributed by atoms with E-state index >= 15 is 0 Å². The largest absolute Gasteiger partial charge is 0.347 e. The van der Waals surface area contributed by atoms with Crippen molar-refractivity contribution in [3.63, 3.8) is 0 Å². The highest BCUT2D eigenvalue weighted by Gasteiger charge is 2.71. The van der Waals surface area contributed by atoms with Gasteiger partial charge in [-0.3, -0.25) is 14.5 Å². The maximum Gasteiger partial charge on any atom is 0.347 e. The molecule has 6 nitrogen and oxygen atoms in total. The molecule has 0 radical (unpaired) electrons. The van der Waals surface area contributed by atoms with Crippen LogP contribution in [-0.4, -0.2) is 30.0 Å². The maximum atomic E-state index is 13.7. The van der Waals surface area contributed by atoms with E-state index < -0.39 is 5.67 Å². The number of halogens is 1. The first-order valence-corrected chi connectivity index (χ1v) is 7.26. The van der Waals surface area contributed by atoms with Gasteiger partial charge in [-0.2, -0.15) is 5.10 Å². The zero-order valence-electron chi connectivity index (χ0n) is 11.4. The molecule has 0 amide bonds. The fourth-order valence-electron chi connectivity index (χ4n) is 4.21. The van der Waals surface area contributed by atoms with Crippen LogP contribution >= 0.6 is 0 Å². The van der Waals surface area contributed by atoms with Crippen molar-refractivity contribution in [1.82, 2.24) is 24.3 Å². The van der Waals surface area contributed by atoms with Crippen LogP contribution in [-0.2, 0) is 12.0 Å². The molecule has 3 saturated carbocycles. The van der Waals surface area contributed by atoms with Crippen molar-refractivity contribution in [2.24, 2.45) is 0 Å². The summed E-state index contributed by atoms with van der Waals surface area (Å²) in [5.41, 5.74) is -0.717. The van der Waals surface area contributed by atoms with Crippen LogP contribution in [0.2, 0.25) is 0 Å². The van der Waals surface area contributed by atoms with E-state index in [1.165, 1.54) is 4.68 Å². The Kier molecular flexibility index (Phi) is 1.88. The van der Waals surface area contributed by atoms with Crippen LogP contribution in [0.3, 0.4) is 0 Å². The number of nitrogens with zero attached hydrogens (tertiary/aromatic N) is 5. The number of rotatable bonds is 2. The highest BCUT2D eigenvalue weighted by molar-refractivity contribution is 5.23. The molecule has 0 saturated heterocycles. The van der Waals surface area contributed by atoms with Crippen LogP contribution in [0.25, 0.3) is 0 Å². The number of aryl methyl sites for hydroxylation is 1. The van der Waals surface area contributed by atoms with Gasteiger partial charge in [-0.1, -0.05) is 0 Å². The third kappa shape index (κ3) is 1.31. The van der Waals surface area contributed by atoms with Gasteiger partial charge in [-0.15, -0.1) is 0 Å². The fourth-order valence-corrected chi connectivity index (χ4v) is 4.21. The first-order valence-electron chi connectivity index (χ1n) is 7.26. The summed E-state index contributed by atoms with van der Waals surface area (Å²) in [6.45, 7) is 0. The number of fused-ring (bicyclic) bond motifs is 1. The monoisotopic (exact) mass is 287 g/mol. The number of alkyl halides is 1. The lowest BCUT2D eigenvalue weighted by molar-refractivity contribution is -0.205. The molecule has 6 rings (SSSR count). The first kappa shape index (κ1) is 11.6. The average Bonchev–Trinajstić information content (AvgIpc) is 2.96. The van der Waals surface area contributed by atoms with Crippen molar-refractivity contribution in [3.8, 4) is 0 Å². The second kappa shape index (κ2) is 3.40. The molecule has 3 heterocycles. The molecule has 1 unspecified atom stereocenters. The lowest BCUT2D eigenvalue weighted by Gasteiger charge is -2.64. The quantitative estimate of drug-likeness (QED) is 0.825. The first-order chi connectivity index (χ1) is 10.1. The standard InChI is InChI=1S/C14H14FN5O/c15-13-6-14(7-13,8-13)20-12(21)19-10(1-2-11(19)18-20)9-5-16-3-4-17-9/h3-5,10H,1-2,6-8H2. The van der Waals surface area contributed by atoms with E-state index in [2.05, 4.69) is 15.1 Å². The van der Waals surface area contributed by atoms with Gasteiger partial charge in [0, 0.05) is 38.1 Å². The number of aromatic nitrogens is 5. The number of hydrogen-bond donors (Lipinski definition) is 0. The van der Waals surface area contributed by atoms with E-state index in [0.29, 0.717) is 19.3 Å². The summed E-state index contributed by atoms with van der Waals surface area (Å²) in [5.74, 6) is 0.785. The molecule has 0 N–H and O–H groups in total. The molecular weight excluding hydrogens is 273 g/mol. The zero-order valence-corrected chi connectivity index (χ0v) is 11.4. The van der Waals surface area contributed by atoms with Crippen LogP contribution in [0.4, 0.5) is 4.39 Å². The molecule has 2 aromatic rings. The molecule has 1 aliphatic heterocycles. The van der Waals surface area contributed by atoms with Crippen LogP contribution < -0.4 is 5.69 Å². The Morgan fingerprint density at radius 1 is 1.29 bits per heavy atom. The highest BCUT2D eigenvalue weighted by Crippen LogP contribution is 2.66. The Morgan fingerprint density at radius 3 is 2.76 bits per heavy atom. The molecule has 4 aliphatic rings. The smallest absolute Gasteiger partial charge is 0.270 e. The molecule has 21 heavy (non-hydrogen) atoms. The van der Waals surface area contributed by atoms with Gasteiger partial charge < -0.3 is 0 Å². The van der Waals surface area contributed by atoms with E-state index in [-0.39, 0.29) is 17.3 Å². The average molecular weight is 287 g/mol. The third-order valence-electron chi connectivity index (χ3n) is 5.15. The van der Waals surface area contributed by atoms with Gasteiger partial charge in [0.25, 0.3) is 0 Å². The minimum absolute atomic E-state index is 0.0957. The van der Waals surface area contributed by atoms with Gasteiger partial charge in [0.15, 0.2) is 0 Å². The van der Waals surface area contributed by atoms with Crippen molar-refractivity contribution in [2.75, 3.05) is 0 Å². The Bertz CT molecular complexity index is 776. The van der Waals surface area contributed by atoms with Gasteiger partial charge in [-0.05, 0) is 6.42 Å². The SMILES string of the molecule is O=c1n(C23CC(F)(C2)C3)nc2n1C(c1cnccn1)CC2. The third-order valence-corrected chi connectivity index (χ3v) is 5.15. The van der Waals surface area contributed by atoms with Crippen LogP contribution in [0.1, 0.15) is 43.2 Å². The Balaban J connectivity index is 1.59. The van der Waals surface area contributed by atoms with Gasteiger partial charge in [-0.25, -0.2) is 13.9 Å². The van der Waals surface area contributed by atoms with Crippen molar-refractivity contribution in [1.29, 1.82) is 0 Å². The van der Waals surface area contributed by atoms with Crippen LogP contribution in [0, 0.1) is 0 Å². The Labute approximate surface area is 119 Å². The van der Waals surface area contributed by atoms with Crippen LogP contribution in [0.15, 0.2) is 23.4 Å². The van der Waals surface area contributed by atoms with E-state index in [9.17, 15) is 9.18 Å². The Morgan fingerprint density at radius 2 is 2.10 bits per heavy atom. The molecule has 108 valence electrons. The predicted molar refractivity (Wildman–Crippen MR) is 70.6 cm³/mol. The van der Waals surface area contributed by atoms with E-state index in [4.69, 9.17) is 0 Å². The van der Waals surface area contributed by atoms with Gasteiger partial charge in [0.05, 0.1) is 23.5 Å². The summed E-state index contributed by atoms with van der Waals surface area (Å²) in [6, 6.07) is -0.0957. The predicted octanol–water partition coefficient (Wildman–Crippen LogP) is 0.972. The molecule has 1 atom stereocenters. The minimum atomic E-state index is -1.03. The van der Waals surface area contributed by atoms with E-state index in [0.717, 1.165) is 24.4 Å². The second-order valence-electron chi connectivity index (χ2n) is 6.57. The number of hydrogen-bond acceptors (Lipinski definition) is 4. The van der Waals surface area contributed by atoms with Crippen molar-refractivity contribution >= 4 is 0 Å². The van der Waals surface area contributed by atoms with Gasteiger partial charge >= 0.3 is 5.69 Å². The van der Waals surface area contributed by atoms with Gasteiger partial charge in [0.1, 0.15) is 11.5 Å². The molecule has 0 aromatic carbocycles. The summed E-state index contributed by atoms with van der Waals surface area (Å²) >= 11 is 0. The Hall–Kier alpha value is -2.05.